The lowest BCUT2D eigenvalue weighted by atomic mass is 10.2. The normalized spacial score (nSPS) is 10.6. The molecule has 2 rings (SSSR count). The number of nitrogens with zero attached hydrogens (tertiary/aromatic N) is 1. The molecule has 0 N–H and O–H groups in total. The van der Waals surface area contributed by atoms with Gasteiger partial charge in [-0.25, -0.2) is 5.06 Å². The zero-order chi connectivity index (χ0) is 15.8. The number of hydrogen-bond donors (Lipinski definition) is 0. The second-order valence-electron chi connectivity index (χ2n) is 4.70. The van der Waals surface area contributed by atoms with Crippen molar-refractivity contribution in [2.75, 3.05) is 14.2 Å². The van der Waals surface area contributed by atoms with E-state index >= 15 is 0 Å². The molecule has 2 aromatic rings. The lowest BCUT2D eigenvalue weighted by Crippen LogP contribution is -2.22. The second-order valence-corrected chi connectivity index (χ2v) is 4.70. The molecule has 0 radical (unpaired) electrons. The van der Waals surface area contributed by atoms with Crippen molar-refractivity contribution in [3.05, 3.63) is 71.8 Å². The molecule has 1 amide bonds. The van der Waals surface area contributed by atoms with Crippen molar-refractivity contribution in [3.8, 4) is 5.75 Å². The van der Waals surface area contributed by atoms with Crippen LogP contribution in [0.4, 0.5) is 0 Å². The predicted octanol–water partition coefficient (Wildman–Crippen LogP) is 3.30. The van der Waals surface area contributed by atoms with Gasteiger partial charge in [0.2, 0.25) is 0 Å². The third kappa shape index (κ3) is 4.75. The Kier molecular flexibility index (Phi) is 5.74. The summed E-state index contributed by atoms with van der Waals surface area (Å²) in [5, 5.41) is 1.16. The Balaban J connectivity index is 1.98. The van der Waals surface area contributed by atoms with Crippen molar-refractivity contribution in [1.29, 1.82) is 0 Å². The smallest absolute Gasteiger partial charge is 0.269 e. The van der Waals surface area contributed by atoms with E-state index in [-0.39, 0.29) is 5.91 Å². The number of benzene rings is 2. The van der Waals surface area contributed by atoms with Gasteiger partial charge in [-0.15, -0.1) is 0 Å². The average molecular weight is 297 g/mol. The summed E-state index contributed by atoms with van der Waals surface area (Å²) in [6, 6.07) is 17.6. The molecule has 0 atom stereocenters. The molecule has 0 aliphatic heterocycles. The van der Waals surface area contributed by atoms with E-state index in [9.17, 15) is 4.79 Å². The molecule has 114 valence electrons. The van der Waals surface area contributed by atoms with E-state index in [2.05, 4.69) is 0 Å². The van der Waals surface area contributed by atoms with Gasteiger partial charge in [0.1, 0.15) is 12.4 Å². The third-order valence-electron chi connectivity index (χ3n) is 3.11. The van der Waals surface area contributed by atoms with Gasteiger partial charge in [0.05, 0.1) is 7.11 Å². The highest BCUT2D eigenvalue weighted by atomic mass is 16.7. The van der Waals surface area contributed by atoms with Crippen molar-refractivity contribution in [2.45, 2.75) is 6.61 Å². The number of amides is 1. The molecule has 0 spiro atoms. The SMILES string of the molecule is CON(C)C(=O)/C=C/c1cccc(OCc2ccccc2)c1. The standard InChI is InChI=1S/C18H19NO3/c1-19(21-2)18(20)12-11-15-9-6-10-17(13-15)22-14-16-7-4-3-5-8-16/h3-13H,14H2,1-2H3/b12-11+. The maximum Gasteiger partial charge on any atom is 0.269 e. The zero-order valence-electron chi connectivity index (χ0n) is 12.7. The van der Waals surface area contributed by atoms with Gasteiger partial charge in [0, 0.05) is 13.1 Å². The molecule has 0 fully saturated rings. The van der Waals surface area contributed by atoms with E-state index in [1.54, 1.807) is 13.1 Å². The first-order chi connectivity index (χ1) is 10.7. The molecule has 0 bridgehead atoms. The van der Waals surface area contributed by atoms with Crippen LogP contribution >= 0.6 is 0 Å². The lowest BCUT2D eigenvalue weighted by Gasteiger charge is -2.10. The fourth-order valence-corrected chi connectivity index (χ4v) is 1.81. The highest BCUT2D eigenvalue weighted by molar-refractivity contribution is 5.90. The largest absolute Gasteiger partial charge is 0.489 e. The van der Waals surface area contributed by atoms with Gasteiger partial charge in [-0.05, 0) is 29.3 Å². The first-order valence-corrected chi connectivity index (χ1v) is 6.95. The quantitative estimate of drug-likeness (QED) is 0.606. The van der Waals surface area contributed by atoms with Gasteiger partial charge >= 0.3 is 0 Å². The third-order valence-corrected chi connectivity index (χ3v) is 3.11. The van der Waals surface area contributed by atoms with Crippen LogP contribution in [0.25, 0.3) is 6.08 Å². The number of carbonyl (C=O) groups excluding carboxylic acids is 1. The molecule has 0 unspecified atom stereocenters. The average Bonchev–Trinajstić information content (AvgIpc) is 2.58. The zero-order valence-corrected chi connectivity index (χ0v) is 12.7. The Bertz CT molecular complexity index is 638. The van der Waals surface area contributed by atoms with E-state index in [0.29, 0.717) is 6.61 Å². The minimum absolute atomic E-state index is 0.224. The van der Waals surface area contributed by atoms with Crippen molar-refractivity contribution >= 4 is 12.0 Å². The molecule has 0 aliphatic rings. The number of hydroxylamine groups is 2. The number of hydrogen-bond acceptors (Lipinski definition) is 3. The van der Waals surface area contributed by atoms with Crippen LogP contribution in [0.2, 0.25) is 0 Å². The van der Waals surface area contributed by atoms with Crippen molar-refractivity contribution in [2.24, 2.45) is 0 Å². The van der Waals surface area contributed by atoms with Gasteiger partial charge in [-0.2, -0.15) is 0 Å². The van der Waals surface area contributed by atoms with E-state index < -0.39 is 0 Å². The molecule has 0 heterocycles. The van der Waals surface area contributed by atoms with Crippen LogP contribution in [0.15, 0.2) is 60.7 Å². The lowest BCUT2D eigenvalue weighted by molar-refractivity contribution is -0.162. The van der Waals surface area contributed by atoms with Crippen LogP contribution in [-0.4, -0.2) is 25.1 Å². The van der Waals surface area contributed by atoms with Gasteiger partial charge < -0.3 is 4.74 Å². The number of rotatable bonds is 6. The number of ether oxygens (including phenoxy) is 1. The maximum absolute atomic E-state index is 11.6. The molecule has 2 aromatic carbocycles. The minimum atomic E-state index is -0.224. The number of carbonyl (C=O) groups is 1. The Labute approximate surface area is 130 Å². The summed E-state index contributed by atoms with van der Waals surface area (Å²) in [6.07, 6.45) is 3.19. The van der Waals surface area contributed by atoms with Gasteiger partial charge in [-0.3, -0.25) is 9.63 Å². The Morgan fingerprint density at radius 2 is 1.91 bits per heavy atom. The Hall–Kier alpha value is -2.59. The fraction of sp³-hybridized carbons (Fsp3) is 0.167. The molecule has 22 heavy (non-hydrogen) atoms. The first-order valence-electron chi connectivity index (χ1n) is 6.95. The van der Waals surface area contributed by atoms with Crippen LogP contribution in [-0.2, 0) is 16.2 Å². The number of likely N-dealkylation sites (N-methyl/N-ethyl adjacent to an activating group) is 1. The van der Waals surface area contributed by atoms with Gasteiger partial charge in [0.25, 0.3) is 5.91 Å². The monoisotopic (exact) mass is 297 g/mol. The van der Waals surface area contributed by atoms with Gasteiger partial charge in [0.15, 0.2) is 0 Å². The molecular formula is C18H19NO3. The summed E-state index contributed by atoms with van der Waals surface area (Å²) in [6.45, 7) is 0.513. The minimum Gasteiger partial charge on any atom is -0.489 e. The van der Waals surface area contributed by atoms with Crippen LogP contribution in [0, 0.1) is 0 Å². The summed E-state index contributed by atoms with van der Waals surface area (Å²) in [4.78, 5) is 16.4. The van der Waals surface area contributed by atoms with Crippen molar-refractivity contribution < 1.29 is 14.4 Å². The molecule has 4 nitrogen and oxygen atoms in total. The summed E-state index contributed by atoms with van der Waals surface area (Å²) in [7, 11) is 3.01. The Morgan fingerprint density at radius 3 is 2.64 bits per heavy atom. The molecular weight excluding hydrogens is 278 g/mol. The maximum atomic E-state index is 11.6. The van der Waals surface area contributed by atoms with Crippen LogP contribution < -0.4 is 4.74 Å². The Morgan fingerprint density at radius 1 is 1.14 bits per heavy atom. The van der Waals surface area contributed by atoms with E-state index in [0.717, 1.165) is 21.9 Å². The van der Waals surface area contributed by atoms with Crippen molar-refractivity contribution in [3.63, 3.8) is 0 Å². The predicted molar refractivity (Wildman–Crippen MR) is 86.0 cm³/mol. The molecule has 0 aliphatic carbocycles. The summed E-state index contributed by atoms with van der Waals surface area (Å²) in [5.74, 6) is 0.539. The highest BCUT2D eigenvalue weighted by Gasteiger charge is 2.02. The summed E-state index contributed by atoms with van der Waals surface area (Å²) >= 11 is 0. The van der Waals surface area contributed by atoms with E-state index in [1.807, 2.05) is 54.6 Å². The second kappa shape index (κ2) is 8.00. The molecule has 0 saturated heterocycles. The summed E-state index contributed by atoms with van der Waals surface area (Å²) in [5.41, 5.74) is 2.00. The van der Waals surface area contributed by atoms with Crippen LogP contribution in [0.1, 0.15) is 11.1 Å². The molecule has 0 saturated carbocycles. The first kappa shape index (κ1) is 15.8. The van der Waals surface area contributed by atoms with E-state index in [1.165, 1.54) is 13.2 Å². The van der Waals surface area contributed by atoms with Gasteiger partial charge in [-0.1, -0.05) is 42.5 Å². The fourth-order valence-electron chi connectivity index (χ4n) is 1.81. The van der Waals surface area contributed by atoms with Crippen LogP contribution in [0.3, 0.4) is 0 Å². The van der Waals surface area contributed by atoms with Crippen molar-refractivity contribution in [1.82, 2.24) is 5.06 Å². The van der Waals surface area contributed by atoms with E-state index in [4.69, 9.17) is 9.57 Å². The highest BCUT2D eigenvalue weighted by Crippen LogP contribution is 2.16. The van der Waals surface area contributed by atoms with Crippen LogP contribution in [0.5, 0.6) is 5.75 Å². The topological polar surface area (TPSA) is 38.8 Å². The molecule has 4 heteroatoms. The summed E-state index contributed by atoms with van der Waals surface area (Å²) < 4.78 is 5.75. The molecule has 0 aromatic heterocycles.